The first-order chi connectivity index (χ1) is 10.1. The number of aromatic hydroxyl groups is 1. The van der Waals surface area contributed by atoms with Crippen LogP contribution in [-0.4, -0.2) is 30.1 Å². The number of guanidine groups is 1. The van der Waals surface area contributed by atoms with Crippen LogP contribution >= 0.6 is 35.3 Å². The van der Waals surface area contributed by atoms with Gasteiger partial charge in [-0.15, -0.1) is 24.0 Å². The van der Waals surface area contributed by atoms with Gasteiger partial charge in [0.25, 0.3) is 0 Å². The molecule has 0 amide bonds. The van der Waals surface area contributed by atoms with Gasteiger partial charge in [-0.1, -0.05) is 6.07 Å². The lowest BCUT2D eigenvalue weighted by Gasteiger charge is -2.21. The summed E-state index contributed by atoms with van der Waals surface area (Å²) in [7, 11) is 3.66. The molecule has 120 valence electrons. The number of phenols is 1. The Labute approximate surface area is 150 Å². The van der Waals surface area contributed by atoms with Crippen molar-refractivity contribution in [3.63, 3.8) is 0 Å². The van der Waals surface area contributed by atoms with Crippen LogP contribution < -0.4 is 5.32 Å². The monoisotopic (exact) mass is 435 g/mol. The summed E-state index contributed by atoms with van der Waals surface area (Å²) in [5, 5.41) is 16.5. The normalized spacial score (nSPS) is 11.0. The van der Waals surface area contributed by atoms with E-state index in [1.807, 2.05) is 17.3 Å². The van der Waals surface area contributed by atoms with Crippen molar-refractivity contribution in [2.24, 2.45) is 4.99 Å². The largest absolute Gasteiger partial charge is 0.505 e. The van der Waals surface area contributed by atoms with E-state index in [1.54, 1.807) is 24.5 Å². The molecule has 2 aromatic rings. The van der Waals surface area contributed by atoms with E-state index < -0.39 is 5.82 Å². The Morgan fingerprint density at radius 2 is 2.14 bits per heavy atom. The number of nitrogens with one attached hydrogen (secondary N) is 1. The minimum atomic E-state index is -0.615. The van der Waals surface area contributed by atoms with Gasteiger partial charge in [-0.25, -0.2) is 4.39 Å². The molecule has 0 aliphatic carbocycles. The second-order valence-corrected chi connectivity index (χ2v) is 5.45. The molecule has 1 aromatic heterocycles. The first-order valence-electron chi connectivity index (χ1n) is 6.50. The maximum atomic E-state index is 13.3. The van der Waals surface area contributed by atoms with Crippen LogP contribution in [0.5, 0.6) is 5.75 Å². The summed E-state index contributed by atoms with van der Waals surface area (Å²) < 4.78 is 13.3. The van der Waals surface area contributed by atoms with Crippen LogP contribution in [0.15, 0.2) is 40.0 Å². The van der Waals surface area contributed by atoms with E-state index in [2.05, 4.69) is 21.8 Å². The molecule has 1 aromatic carbocycles. The lowest BCUT2D eigenvalue weighted by molar-refractivity contribution is 0.431. The minimum absolute atomic E-state index is 0. The molecule has 0 aliphatic rings. The molecule has 1 heterocycles. The Morgan fingerprint density at radius 3 is 2.73 bits per heavy atom. The van der Waals surface area contributed by atoms with Crippen molar-refractivity contribution >= 4 is 41.3 Å². The van der Waals surface area contributed by atoms with Crippen LogP contribution in [0, 0.1) is 5.82 Å². The summed E-state index contributed by atoms with van der Waals surface area (Å²) in [6.07, 6.45) is 0. The van der Waals surface area contributed by atoms with Crippen molar-refractivity contribution in [1.82, 2.24) is 10.2 Å². The standard InChI is InChI=1S/C15H18FN3OS.HI/c1-17-15(19(2)9-12-5-6-21-10-12)18-8-11-3-4-14(20)13(16)7-11;/h3-7,10,20H,8-9H2,1-2H3,(H,17,18);1H. The Balaban J connectivity index is 0.00000242. The van der Waals surface area contributed by atoms with Crippen molar-refractivity contribution < 1.29 is 9.50 Å². The van der Waals surface area contributed by atoms with E-state index in [0.717, 1.165) is 18.1 Å². The molecule has 0 radical (unpaired) electrons. The third kappa shape index (κ3) is 5.13. The number of hydrogen-bond acceptors (Lipinski definition) is 3. The number of rotatable bonds is 4. The van der Waals surface area contributed by atoms with Gasteiger partial charge in [0, 0.05) is 27.2 Å². The lowest BCUT2D eigenvalue weighted by Crippen LogP contribution is -2.37. The summed E-state index contributed by atoms with van der Waals surface area (Å²) in [6.45, 7) is 1.20. The highest BCUT2D eigenvalue weighted by Crippen LogP contribution is 2.16. The highest BCUT2D eigenvalue weighted by atomic mass is 127. The van der Waals surface area contributed by atoms with Gasteiger partial charge in [-0.2, -0.15) is 11.3 Å². The maximum Gasteiger partial charge on any atom is 0.193 e. The van der Waals surface area contributed by atoms with Gasteiger partial charge in [-0.3, -0.25) is 4.99 Å². The van der Waals surface area contributed by atoms with Gasteiger partial charge in [-0.05, 0) is 40.1 Å². The smallest absolute Gasteiger partial charge is 0.193 e. The highest BCUT2D eigenvalue weighted by Gasteiger charge is 2.08. The SMILES string of the molecule is CN=C(NCc1ccc(O)c(F)c1)N(C)Cc1ccsc1.I. The number of phenolic OH excluding ortho intramolecular Hbond substituents is 1. The van der Waals surface area contributed by atoms with Gasteiger partial charge < -0.3 is 15.3 Å². The molecule has 0 unspecified atom stereocenters. The fourth-order valence-electron chi connectivity index (χ4n) is 1.96. The Morgan fingerprint density at radius 1 is 1.36 bits per heavy atom. The second kappa shape index (κ2) is 8.94. The van der Waals surface area contributed by atoms with E-state index in [0.29, 0.717) is 6.54 Å². The van der Waals surface area contributed by atoms with Crippen molar-refractivity contribution in [3.05, 3.63) is 52.0 Å². The molecule has 2 N–H and O–H groups in total. The lowest BCUT2D eigenvalue weighted by atomic mass is 10.2. The molecule has 0 spiro atoms. The van der Waals surface area contributed by atoms with Gasteiger partial charge in [0.15, 0.2) is 17.5 Å². The molecule has 4 nitrogen and oxygen atoms in total. The summed E-state index contributed by atoms with van der Waals surface area (Å²) in [4.78, 5) is 6.21. The van der Waals surface area contributed by atoms with Crippen LogP contribution in [0.25, 0.3) is 0 Å². The predicted octanol–water partition coefficient (Wildman–Crippen LogP) is 3.42. The number of benzene rings is 1. The summed E-state index contributed by atoms with van der Waals surface area (Å²) in [5.41, 5.74) is 1.97. The predicted molar refractivity (Wildman–Crippen MR) is 99.5 cm³/mol. The van der Waals surface area contributed by atoms with Crippen molar-refractivity contribution in [2.75, 3.05) is 14.1 Å². The highest BCUT2D eigenvalue weighted by molar-refractivity contribution is 14.0. The summed E-state index contributed by atoms with van der Waals surface area (Å²) in [5.74, 6) is -0.219. The zero-order valence-corrected chi connectivity index (χ0v) is 15.6. The van der Waals surface area contributed by atoms with Gasteiger partial charge >= 0.3 is 0 Å². The van der Waals surface area contributed by atoms with Crippen LogP contribution in [0.4, 0.5) is 4.39 Å². The zero-order valence-electron chi connectivity index (χ0n) is 12.4. The van der Waals surface area contributed by atoms with E-state index >= 15 is 0 Å². The second-order valence-electron chi connectivity index (χ2n) is 4.67. The average Bonchev–Trinajstić information content (AvgIpc) is 2.96. The van der Waals surface area contributed by atoms with Gasteiger partial charge in [0.1, 0.15) is 0 Å². The molecule has 0 fully saturated rings. The van der Waals surface area contributed by atoms with Crippen LogP contribution in [0.2, 0.25) is 0 Å². The first-order valence-corrected chi connectivity index (χ1v) is 7.44. The molecule has 0 saturated heterocycles. The van der Waals surface area contributed by atoms with E-state index in [1.165, 1.54) is 17.7 Å². The molecule has 0 saturated carbocycles. The zero-order chi connectivity index (χ0) is 15.2. The molecule has 0 aliphatic heterocycles. The molecule has 0 atom stereocenters. The molecule has 2 rings (SSSR count). The van der Waals surface area contributed by atoms with Crippen LogP contribution in [-0.2, 0) is 13.1 Å². The summed E-state index contributed by atoms with van der Waals surface area (Å²) in [6, 6.07) is 6.42. The molecule has 22 heavy (non-hydrogen) atoms. The molecule has 0 bridgehead atoms. The third-order valence-electron chi connectivity index (χ3n) is 3.04. The van der Waals surface area contributed by atoms with Gasteiger partial charge in [0.05, 0.1) is 0 Å². The number of aliphatic imine (C=N–C) groups is 1. The quantitative estimate of drug-likeness (QED) is 0.440. The van der Waals surface area contributed by atoms with Crippen molar-refractivity contribution in [3.8, 4) is 5.75 Å². The first kappa shape index (κ1) is 18.7. The number of thiophene rings is 1. The molecular weight excluding hydrogens is 416 g/mol. The van der Waals surface area contributed by atoms with E-state index in [9.17, 15) is 9.50 Å². The van der Waals surface area contributed by atoms with Crippen molar-refractivity contribution in [1.29, 1.82) is 0 Å². The third-order valence-corrected chi connectivity index (χ3v) is 3.77. The number of hydrogen-bond donors (Lipinski definition) is 2. The number of nitrogens with zero attached hydrogens (tertiary/aromatic N) is 2. The fourth-order valence-corrected chi connectivity index (χ4v) is 2.62. The van der Waals surface area contributed by atoms with Crippen molar-refractivity contribution in [2.45, 2.75) is 13.1 Å². The maximum absolute atomic E-state index is 13.3. The fraction of sp³-hybridized carbons (Fsp3) is 0.267. The minimum Gasteiger partial charge on any atom is -0.505 e. The molecule has 7 heteroatoms. The Hall–Kier alpha value is -1.35. The summed E-state index contributed by atoms with van der Waals surface area (Å²) >= 11 is 1.66. The Bertz CT molecular complexity index is 619. The van der Waals surface area contributed by atoms with Crippen LogP contribution in [0.1, 0.15) is 11.1 Å². The molecular formula is C15H19FIN3OS. The van der Waals surface area contributed by atoms with Crippen LogP contribution in [0.3, 0.4) is 0 Å². The Kier molecular flexibility index (Phi) is 7.60. The number of halogens is 2. The average molecular weight is 435 g/mol. The van der Waals surface area contributed by atoms with E-state index in [-0.39, 0.29) is 29.7 Å². The topological polar surface area (TPSA) is 47.9 Å². The van der Waals surface area contributed by atoms with E-state index in [4.69, 9.17) is 0 Å². The van der Waals surface area contributed by atoms with Gasteiger partial charge in [0.2, 0.25) is 0 Å².